The van der Waals surface area contributed by atoms with Crippen LogP contribution < -0.4 is 0 Å². The van der Waals surface area contributed by atoms with Crippen molar-refractivity contribution in [2.75, 3.05) is 0 Å². The van der Waals surface area contributed by atoms with Gasteiger partial charge in [0.25, 0.3) is 0 Å². The highest BCUT2D eigenvalue weighted by atomic mass is 16.4. The first kappa shape index (κ1) is 14.4. The van der Waals surface area contributed by atoms with Crippen molar-refractivity contribution in [3.63, 3.8) is 0 Å². The summed E-state index contributed by atoms with van der Waals surface area (Å²) in [6.07, 6.45) is -7.70. The maximum atomic E-state index is 10.4. The molecule has 1 aromatic carbocycles. The van der Waals surface area contributed by atoms with Crippen LogP contribution in [0.1, 0.15) is 11.7 Å². The number of carboxylic acid groups (broad SMARTS) is 1. The van der Waals surface area contributed by atoms with Crippen LogP contribution in [0.15, 0.2) is 24.3 Å². The molecule has 0 heterocycles. The van der Waals surface area contributed by atoms with E-state index in [4.69, 9.17) is 15.3 Å². The largest absolute Gasteiger partial charge is 0.508 e. The number of rotatable bonds is 5. The van der Waals surface area contributed by atoms with E-state index in [0.29, 0.717) is 0 Å². The molecule has 100 valence electrons. The third kappa shape index (κ3) is 3.17. The van der Waals surface area contributed by atoms with E-state index >= 15 is 0 Å². The van der Waals surface area contributed by atoms with Crippen molar-refractivity contribution in [2.45, 2.75) is 24.4 Å². The fraction of sp³-hybridized carbons (Fsp3) is 0.364. The molecule has 0 bridgehead atoms. The SMILES string of the molecule is O=C(O)C(O)C(O)C(O)C(O)c1ccc(O)cc1. The summed E-state index contributed by atoms with van der Waals surface area (Å²) >= 11 is 0. The van der Waals surface area contributed by atoms with E-state index in [9.17, 15) is 20.1 Å². The minimum atomic E-state index is -2.20. The lowest BCUT2D eigenvalue weighted by Gasteiger charge is -2.24. The Labute approximate surface area is 102 Å². The molecule has 7 heteroatoms. The second-order valence-electron chi connectivity index (χ2n) is 3.80. The maximum absolute atomic E-state index is 10.4. The summed E-state index contributed by atoms with van der Waals surface area (Å²) in [6, 6.07) is 5.10. The van der Waals surface area contributed by atoms with Gasteiger partial charge in [0.05, 0.1) is 0 Å². The molecule has 0 fully saturated rings. The Hall–Kier alpha value is -1.67. The number of carbonyl (C=O) groups is 1. The number of aliphatic carboxylic acids is 1. The van der Waals surface area contributed by atoms with Gasteiger partial charge in [0.1, 0.15) is 24.1 Å². The quantitative estimate of drug-likeness (QED) is 0.381. The van der Waals surface area contributed by atoms with E-state index in [1.165, 1.54) is 24.3 Å². The summed E-state index contributed by atoms with van der Waals surface area (Å²) in [5.74, 6) is -1.76. The standard InChI is InChI=1S/C11H14O7/c12-6-3-1-5(2-4-6)7(13)8(14)9(15)10(16)11(17)18/h1-4,7-10,12-16H,(H,17,18). The van der Waals surface area contributed by atoms with Crippen LogP contribution in [0.3, 0.4) is 0 Å². The van der Waals surface area contributed by atoms with Crippen molar-refractivity contribution in [1.82, 2.24) is 0 Å². The van der Waals surface area contributed by atoms with Gasteiger partial charge in [0, 0.05) is 0 Å². The smallest absolute Gasteiger partial charge is 0.335 e. The van der Waals surface area contributed by atoms with Crippen molar-refractivity contribution in [3.8, 4) is 5.75 Å². The Morgan fingerprint density at radius 3 is 1.89 bits per heavy atom. The Morgan fingerprint density at radius 1 is 0.944 bits per heavy atom. The molecule has 0 saturated heterocycles. The van der Waals surface area contributed by atoms with E-state index in [1.807, 2.05) is 0 Å². The maximum Gasteiger partial charge on any atom is 0.335 e. The highest BCUT2D eigenvalue weighted by Gasteiger charge is 2.34. The zero-order valence-corrected chi connectivity index (χ0v) is 9.21. The molecule has 0 spiro atoms. The van der Waals surface area contributed by atoms with Crippen molar-refractivity contribution in [2.24, 2.45) is 0 Å². The summed E-state index contributed by atoms with van der Waals surface area (Å²) in [5.41, 5.74) is 0.164. The molecule has 0 aliphatic rings. The van der Waals surface area contributed by atoms with Gasteiger partial charge >= 0.3 is 5.97 Å². The second kappa shape index (κ2) is 5.78. The third-order valence-electron chi connectivity index (χ3n) is 2.48. The van der Waals surface area contributed by atoms with Crippen molar-refractivity contribution < 1.29 is 35.4 Å². The van der Waals surface area contributed by atoms with Crippen LogP contribution in [0.25, 0.3) is 0 Å². The molecule has 1 aromatic rings. The molecule has 0 aliphatic heterocycles. The molecule has 4 unspecified atom stereocenters. The average molecular weight is 258 g/mol. The van der Waals surface area contributed by atoms with Crippen LogP contribution >= 0.6 is 0 Å². The van der Waals surface area contributed by atoms with Crippen LogP contribution in [0.2, 0.25) is 0 Å². The minimum Gasteiger partial charge on any atom is -0.508 e. The van der Waals surface area contributed by atoms with E-state index in [2.05, 4.69) is 0 Å². The molecule has 6 N–H and O–H groups in total. The monoisotopic (exact) mass is 258 g/mol. The van der Waals surface area contributed by atoms with Gasteiger partial charge in [-0.25, -0.2) is 4.79 Å². The Balaban J connectivity index is 2.80. The first-order valence-electron chi connectivity index (χ1n) is 5.08. The molecule has 1 rings (SSSR count). The summed E-state index contributed by atoms with van der Waals surface area (Å²) in [6.45, 7) is 0. The van der Waals surface area contributed by atoms with Gasteiger partial charge in [-0.1, -0.05) is 12.1 Å². The number of aromatic hydroxyl groups is 1. The van der Waals surface area contributed by atoms with Crippen LogP contribution in [0, 0.1) is 0 Å². The number of aliphatic hydroxyl groups is 4. The molecule has 4 atom stereocenters. The molecule has 18 heavy (non-hydrogen) atoms. The first-order valence-corrected chi connectivity index (χ1v) is 5.08. The fourth-order valence-corrected chi connectivity index (χ4v) is 1.39. The number of phenolic OH excluding ortho intramolecular Hbond substituents is 1. The number of phenols is 1. The lowest BCUT2D eigenvalue weighted by molar-refractivity contribution is -0.163. The van der Waals surface area contributed by atoms with E-state index in [-0.39, 0.29) is 11.3 Å². The number of aliphatic hydroxyl groups excluding tert-OH is 4. The zero-order valence-electron chi connectivity index (χ0n) is 9.21. The highest BCUT2D eigenvalue weighted by Crippen LogP contribution is 2.22. The normalized spacial score (nSPS) is 17.8. The van der Waals surface area contributed by atoms with Crippen molar-refractivity contribution in [3.05, 3.63) is 29.8 Å². The highest BCUT2D eigenvalue weighted by molar-refractivity contribution is 5.72. The van der Waals surface area contributed by atoms with Crippen LogP contribution in [-0.2, 0) is 4.79 Å². The lowest BCUT2D eigenvalue weighted by atomic mass is 9.97. The summed E-state index contributed by atoms with van der Waals surface area (Å²) in [7, 11) is 0. The summed E-state index contributed by atoms with van der Waals surface area (Å²) in [5, 5.41) is 55.1. The van der Waals surface area contributed by atoms with Gasteiger partial charge in [0.15, 0.2) is 6.10 Å². The average Bonchev–Trinajstić information content (AvgIpc) is 2.36. The van der Waals surface area contributed by atoms with Crippen LogP contribution in [-0.4, -0.2) is 54.9 Å². The minimum absolute atomic E-state index is 0.0495. The van der Waals surface area contributed by atoms with Gasteiger partial charge in [-0.15, -0.1) is 0 Å². The Bertz CT molecular complexity index is 402. The number of benzene rings is 1. The van der Waals surface area contributed by atoms with Gasteiger partial charge in [0.2, 0.25) is 0 Å². The van der Waals surface area contributed by atoms with E-state index in [1.54, 1.807) is 0 Å². The van der Waals surface area contributed by atoms with Crippen LogP contribution in [0.5, 0.6) is 5.75 Å². The number of hydrogen-bond acceptors (Lipinski definition) is 6. The predicted molar refractivity (Wildman–Crippen MR) is 58.7 cm³/mol. The zero-order chi connectivity index (χ0) is 13.9. The van der Waals surface area contributed by atoms with Gasteiger partial charge in [-0.3, -0.25) is 0 Å². The first-order chi connectivity index (χ1) is 8.34. The predicted octanol–water partition coefficient (Wildman–Crippen LogP) is -1.41. The van der Waals surface area contributed by atoms with Gasteiger partial charge < -0.3 is 30.6 Å². The fourth-order valence-electron chi connectivity index (χ4n) is 1.39. The molecule has 0 aromatic heterocycles. The molecule has 0 radical (unpaired) electrons. The Morgan fingerprint density at radius 2 is 1.44 bits per heavy atom. The molecule has 0 amide bonds. The number of hydrogen-bond donors (Lipinski definition) is 6. The van der Waals surface area contributed by atoms with Crippen molar-refractivity contribution in [1.29, 1.82) is 0 Å². The Kier molecular flexibility index (Phi) is 4.62. The number of carboxylic acids is 1. The van der Waals surface area contributed by atoms with Gasteiger partial charge in [-0.2, -0.15) is 0 Å². The summed E-state index contributed by atoms with van der Waals surface area (Å²) < 4.78 is 0. The molecule has 7 nitrogen and oxygen atoms in total. The van der Waals surface area contributed by atoms with E-state index < -0.39 is 30.4 Å². The van der Waals surface area contributed by atoms with Gasteiger partial charge in [-0.05, 0) is 17.7 Å². The van der Waals surface area contributed by atoms with E-state index in [0.717, 1.165) is 0 Å². The molecular formula is C11H14O7. The molecule has 0 aliphatic carbocycles. The topological polar surface area (TPSA) is 138 Å². The lowest BCUT2D eigenvalue weighted by Crippen LogP contribution is -2.44. The second-order valence-corrected chi connectivity index (χ2v) is 3.80. The van der Waals surface area contributed by atoms with Crippen molar-refractivity contribution >= 4 is 5.97 Å². The summed E-state index contributed by atoms with van der Waals surface area (Å²) in [4.78, 5) is 10.4. The van der Waals surface area contributed by atoms with Crippen LogP contribution in [0.4, 0.5) is 0 Å². The molecule has 0 saturated carbocycles. The molecular weight excluding hydrogens is 244 g/mol. The third-order valence-corrected chi connectivity index (χ3v) is 2.48.